The third kappa shape index (κ3) is 6.22. The fourth-order valence-electron chi connectivity index (χ4n) is 3.70. The molecule has 2 unspecified atom stereocenters. The van der Waals surface area contributed by atoms with E-state index in [2.05, 4.69) is 42.9 Å². The van der Waals surface area contributed by atoms with Crippen LogP contribution in [0.15, 0.2) is 4.99 Å². The van der Waals surface area contributed by atoms with Gasteiger partial charge in [0.1, 0.15) is 0 Å². The van der Waals surface area contributed by atoms with Crippen molar-refractivity contribution in [1.82, 2.24) is 15.1 Å². The summed E-state index contributed by atoms with van der Waals surface area (Å²) < 4.78 is 0. The summed E-state index contributed by atoms with van der Waals surface area (Å²) in [7, 11) is 2.21. The van der Waals surface area contributed by atoms with Crippen molar-refractivity contribution in [1.29, 1.82) is 0 Å². The second kappa shape index (κ2) is 9.96. The first-order valence-corrected chi connectivity index (χ1v) is 8.80. The second-order valence-corrected chi connectivity index (χ2v) is 7.34. The predicted octanol–water partition coefficient (Wildman–Crippen LogP) is 2.89. The molecule has 0 spiro atoms. The zero-order valence-electron chi connectivity index (χ0n) is 14.8. The molecule has 22 heavy (non-hydrogen) atoms. The van der Waals surface area contributed by atoms with Crippen LogP contribution in [0.3, 0.4) is 0 Å². The highest BCUT2D eigenvalue weighted by Crippen LogP contribution is 2.23. The number of nitrogens with zero attached hydrogens (tertiary/aromatic N) is 3. The van der Waals surface area contributed by atoms with E-state index in [1.165, 1.54) is 45.4 Å². The van der Waals surface area contributed by atoms with Gasteiger partial charge in [-0.3, -0.25) is 4.99 Å². The summed E-state index contributed by atoms with van der Waals surface area (Å²) in [5.74, 6) is 3.56. The number of halogens is 1. The highest BCUT2D eigenvalue weighted by Gasteiger charge is 2.26. The van der Waals surface area contributed by atoms with E-state index in [0.29, 0.717) is 0 Å². The fraction of sp³-hybridized carbons (Fsp3) is 0.941. The molecule has 4 nitrogen and oxygen atoms in total. The maximum atomic E-state index is 4.93. The van der Waals surface area contributed by atoms with E-state index in [4.69, 9.17) is 4.99 Å². The SMILES string of the molecule is CCNC(=NCC1CCN(C)C1)N1CCC(CC(C)C)C1.I. The highest BCUT2D eigenvalue weighted by molar-refractivity contribution is 14.0. The molecular weight excluding hydrogens is 387 g/mol. The number of hydrogen-bond donors (Lipinski definition) is 1. The van der Waals surface area contributed by atoms with Crippen molar-refractivity contribution < 1.29 is 0 Å². The van der Waals surface area contributed by atoms with Crippen molar-refractivity contribution in [2.75, 3.05) is 46.3 Å². The molecule has 2 atom stereocenters. The average molecular weight is 422 g/mol. The molecule has 2 aliphatic rings. The summed E-state index contributed by atoms with van der Waals surface area (Å²) in [6, 6.07) is 0. The van der Waals surface area contributed by atoms with Gasteiger partial charge in [-0.1, -0.05) is 13.8 Å². The first-order valence-electron chi connectivity index (χ1n) is 8.80. The summed E-state index contributed by atoms with van der Waals surface area (Å²) in [4.78, 5) is 9.83. The van der Waals surface area contributed by atoms with Crippen LogP contribution in [0.4, 0.5) is 0 Å². The van der Waals surface area contributed by atoms with Crippen LogP contribution in [0.1, 0.15) is 40.0 Å². The molecule has 0 aromatic heterocycles. The standard InChI is InChI=1S/C17H34N4.HI/c1-5-18-17(19-11-16-6-8-20(4)12-16)21-9-7-15(13-21)10-14(2)3;/h14-16H,5-13H2,1-4H3,(H,18,19);1H. The van der Waals surface area contributed by atoms with Crippen LogP contribution in [-0.2, 0) is 0 Å². The monoisotopic (exact) mass is 422 g/mol. The molecule has 2 saturated heterocycles. The minimum atomic E-state index is 0. The second-order valence-electron chi connectivity index (χ2n) is 7.34. The van der Waals surface area contributed by atoms with E-state index < -0.39 is 0 Å². The van der Waals surface area contributed by atoms with Crippen LogP contribution in [0.2, 0.25) is 0 Å². The number of guanidine groups is 1. The van der Waals surface area contributed by atoms with Crippen LogP contribution < -0.4 is 5.32 Å². The van der Waals surface area contributed by atoms with Crippen LogP contribution in [0, 0.1) is 17.8 Å². The van der Waals surface area contributed by atoms with Crippen molar-refractivity contribution in [2.24, 2.45) is 22.7 Å². The van der Waals surface area contributed by atoms with Crippen molar-refractivity contribution in [2.45, 2.75) is 40.0 Å². The molecule has 0 amide bonds. The molecule has 0 bridgehead atoms. The molecule has 2 rings (SSSR count). The molecule has 2 fully saturated rings. The fourth-order valence-corrected chi connectivity index (χ4v) is 3.70. The van der Waals surface area contributed by atoms with Crippen LogP contribution >= 0.6 is 24.0 Å². The molecule has 5 heteroatoms. The number of hydrogen-bond acceptors (Lipinski definition) is 2. The minimum Gasteiger partial charge on any atom is -0.357 e. The van der Waals surface area contributed by atoms with Crippen molar-refractivity contribution >= 4 is 29.9 Å². The Balaban J connectivity index is 0.00000242. The van der Waals surface area contributed by atoms with E-state index in [1.807, 2.05) is 0 Å². The molecule has 0 saturated carbocycles. The lowest BCUT2D eigenvalue weighted by atomic mass is 9.97. The maximum absolute atomic E-state index is 4.93. The van der Waals surface area contributed by atoms with Crippen molar-refractivity contribution in [3.63, 3.8) is 0 Å². The third-order valence-electron chi connectivity index (χ3n) is 4.71. The van der Waals surface area contributed by atoms with Gasteiger partial charge in [0.2, 0.25) is 0 Å². The largest absolute Gasteiger partial charge is 0.357 e. The normalized spacial score (nSPS) is 26.6. The van der Waals surface area contributed by atoms with E-state index in [0.717, 1.165) is 36.8 Å². The van der Waals surface area contributed by atoms with Gasteiger partial charge in [-0.05, 0) is 57.5 Å². The Morgan fingerprint density at radius 2 is 1.91 bits per heavy atom. The lowest BCUT2D eigenvalue weighted by Crippen LogP contribution is -2.40. The molecule has 0 aromatic carbocycles. The first-order chi connectivity index (χ1) is 10.1. The number of aliphatic imine (C=N–C) groups is 1. The Morgan fingerprint density at radius 1 is 1.18 bits per heavy atom. The Labute approximate surface area is 154 Å². The van der Waals surface area contributed by atoms with E-state index in [-0.39, 0.29) is 24.0 Å². The van der Waals surface area contributed by atoms with Gasteiger partial charge in [0.25, 0.3) is 0 Å². The Kier molecular flexibility index (Phi) is 9.05. The number of rotatable bonds is 5. The van der Waals surface area contributed by atoms with E-state index in [1.54, 1.807) is 0 Å². The van der Waals surface area contributed by atoms with Gasteiger partial charge in [-0.2, -0.15) is 0 Å². The van der Waals surface area contributed by atoms with Crippen LogP contribution in [0.25, 0.3) is 0 Å². The molecule has 2 heterocycles. The minimum absolute atomic E-state index is 0. The van der Waals surface area contributed by atoms with Gasteiger partial charge in [-0.15, -0.1) is 24.0 Å². The quantitative estimate of drug-likeness (QED) is 0.420. The number of likely N-dealkylation sites (tertiary alicyclic amines) is 2. The Bertz CT molecular complexity index is 346. The predicted molar refractivity (Wildman–Crippen MR) is 106 cm³/mol. The number of nitrogens with one attached hydrogen (secondary N) is 1. The smallest absolute Gasteiger partial charge is 0.193 e. The van der Waals surface area contributed by atoms with Gasteiger partial charge in [0, 0.05) is 32.7 Å². The topological polar surface area (TPSA) is 30.9 Å². The van der Waals surface area contributed by atoms with Gasteiger partial charge < -0.3 is 15.1 Å². The summed E-state index contributed by atoms with van der Waals surface area (Å²) in [6.45, 7) is 13.6. The molecule has 130 valence electrons. The third-order valence-corrected chi connectivity index (χ3v) is 4.71. The lowest BCUT2D eigenvalue weighted by molar-refractivity contribution is 0.393. The van der Waals surface area contributed by atoms with Gasteiger partial charge in [0.05, 0.1) is 0 Å². The summed E-state index contributed by atoms with van der Waals surface area (Å²) in [5, 5.41) is 3.50. The van der Waals surface area contributed by atoms with E-state index >= 15 is 0 Å². The van der Waals surface area contributed by atoms with Crippen LogP contribution in [-0.4, -0.2) is 62.1 Å². The summed E-state index contributed by atoms with van der Waals surface area (Å²) in [5.41, 5.74) is 0. The maximum Gasteiger partial charge on any atom is 0.193 e. The highest BCUT2D eigenvalue weighted by atomic mass is 127. The molecule has 1 N–H and O–H groups in total. The molecule has 0 radical (unpaired) electrons. The Morgan fingerprint density at radius 3 is 2.50 bits per heavy atom. The zero-order chi connectivity index (χ0) is 15.2. The van der Waals surface area contributed by atoms with Crippen LogP contribution in [0.5, 0.6) is 0 Å². The lowest BCUT2D eigenvalue weighted by Gasteiger charge is -2.22. The molecule has 2 aliphatic heterocycles. The summed E-state index contributed by atoms with van der Waals surface area (Å²) in [6.07, 6.45) is 3.98. The van der Waals surface area contributed by atoms with Crippen molar-refractivity contribution in [3.8, 4) is 0 Å². The van der Waals surface area contributed by atoms with Gasteiger partial charge >= 0.3 is 0 Å². The first kappa shape index (κ1) is 20.0. The van der Waals surface area contributed by atoms with Gasteiger partial charge in [-0.25, -0.2) is 0 Å². The van der Waals surface area contributed by atoms with Crippen molar-refractivity contribution in [3.05, 3.63) is 0 Å². The Hall–Kier alpha value is -0.0400. The summed E-state index contributed by atoms with van der Waals surface area (Å²) >= 11 is 0. The average Bonchev–Trinajstić information content (AvgIpc) is 3.03. The van der Waals surface area contributed by atoms with Gasteiger partial charge in [0.15, 0.2) is 5.96 Å². The van der Waals surface area contributed by atoms with E-state index in [9.17, 15) is 0 Å². The molecular formula is C17H35IN4. The molecule has 0 aromatic rings. The molecule has 0 aliphatic carbocycles. The zero-order valence-corrected chi connectivity index (χ0v) is 17.2.